The van der Waals surface area contributed by atoms with E-state index in [0.29, 0.717) is 24.5 Å². The van der Waals surface area contributed by atoms with Gasteiger partial charge in [0, 0.05) is 22.9 Å². The molecule has 0 radical (unpaired) electrons. The van der Waals surface area contributed by atoms with Crippen molar-refractivity contribution < 1.29 is 27.4 Å². The van der Waals surface area contributed by atoms with Gasteiger partial charge >= 0.3 is 5.97 Å². The Hall–Kier alpha value is -1.31. The molecule has 0 atom stereocenters. The highest BCUT2D eigenvalue weighted by Gasteiger charge is 2.16. The van der Waals surface area contributed by atoms with Crippen LogP contribution in [0.4, 0.5) is 0 Å². The van der Waals surface area contributed by atoms with Crippen LogP contribution in [0.5, 0.6) is 5.75 Å². The number of ether oxygens (including phenoxy) is 3. The maximum absolute atomic E-state index is 11.7. The summed E-state index contributed by atoms with van der Waals surface area (Å²) < 4.78 is 37.7. The summed E-state index contributed by atoms with van der Waals surface area (Å²) in [4.78, 5) is 11.6. The highest BCUT2D eigenvalue weighted by molar-refractivity contribution is 8.13. The summed E-state index contributed by atoms with van der Waals surface area (Å²) in [6.45, 7) is 2.84. The van der Waals surface area contributed by atoms with Crippen LogP contribution in [0.2, 0.25) is 0 Å². The molecule has 1 aromatic rings. The third-order valence-corrected chi connectivity index (χ3v) is 3.91. The van der Waals surface area contributed by atoms with E-state index in [4.69, 9.17) is 24.9 Å². The lowest BCUT2D eigenvalue weighted by Gasteiger charge is -2.10. The molecule has 0 N–H and O–H groups in total. The number of carbonyl (C=O) groups is 1. The molecule has 21 heavy (non-hydrogen) atoms. The maximum Gasteiger partial charge on any atom is 0.310 e. The number of hydrogen-bond donors (Lipinski definition) is 0. The largest absolute Gasteiger partial charge is 0.496 e. The van der Waals surface area contributed by atoms with E-state index in [1.165, 1.54) is 25.3 Å². The number of hydrogen-bond acceptors (Lipinski definition) is 6. The Morgan fingerprint density at radius 2 is 2.00 bits per heavy atom. The Bertz CT molecular complexity index is 584. The van der Waals surface area contributed by atoms with Crippen molar-refractivity contribution >= 4 is 25.7 Å². The zero-order valence-electron chi connectivity index (χ0n) is 11.8. The van der Waals surface area contributed by atoms with Crippen LogP contribution in [-0.2, 0) is 29.7 Å². The minimum absolute atomic E-state index is 0.0953. The lowest BCUT2D eigenvalue weighted by molar-refractivity contribution is -0.144. The van der Waals surface area contributed by atoms with Crippen LogP contribution in [0.25, 0.3) is 0 Å². The van der Waals surface area contributed by atoms with Gasteiger partial charge in [0.2, 0.25) is 0 Å². The number of carbonyl (C=O) groups excluding carboxylic acids is 1. The van der Waals surface area contributed by atoms with Gasteiger partial charge in [-0.3, -0.25) is 4.79 Å². The van der Waals surface area contributed by atoms with Crippen LogP contribution in [0.3, 0.4) is 0 Å². The van der Waals surface area contributed by atoms with Crippen molar-refractivity contribution in [1.82, 2.24) is 0 Å². The van der Waals surface area contributed by atoms with E-state index in [1.54, 1.807) is 0 Å². The van der Waals surface area contributed by atoms with Crippen molar-refractivity contribution in [3.05, 3.63) is 23.8 Å². The molecule has 6 nitrogen and oxygen atoms in total. The minimum Gasteiger partial charge on any atom is -0.496 e. The van der Waals surface area contributed by atoms with Crippen LogP contribution in [-0.4, -0.2) is 41.3 Å². The molecular weight excluding hydrogens is 320 g/mol. The average Bonchev–Trinajstić information content (AvgIpc) is 2.42. The number of benzene rings is 1. The van der Waals surface area contributed by atoms with Crippen molar-refractivity contribution in [2.45, 2.75) is 18.2 Å². The van der Waals surface area contributed by atoms with E-state index in [-0.39, 0.29) is 17.9 Å². The van der Waals surface area contributed by atoms with Crippen LogP contribution in [0.15, 0.2) is 23.1 Å². The first-order valence-electron chi connectivity index (χ1n) is 6.23. The molecule has 0 aliphatic carbocycles. The molecule has 118 valence electrons. The molecule has 0 spiro atoms. The van der Waals surface area contributed by atoms with Gasteiger partial charge in [-0.25, -0.2) is 8.42 Å². The average molecular weight is 337 g/mol. The van der Waals surface area contributed by atoms with Gasteiger partial charge in [-0.05, 0) is 25.1 Å². The first kappa shape index (κ1) is 17.7. The van der Waals surface area contributed by atoms with E-state index in [1.807, 2.05) is 6.92 Å². The Kier molecular flexibility index (Phi) is 6.94. The normalized spacial score (nSPS) is 11.2. The number of rotatable bonds is 8. The molecule has 0 fully saturated rings. The molecule has 0 aliphatic rings. The lowest BCUT2D eigenvalue weighted by Crippen LogP contribution is -2.13. The first-order valence-corrected chi connectivity index (χ1v) is 8.54. The molecule has 0 saturated heterocycles. The quantitative estimate of drug-likeness (QED) is 0.409. The first-order chi connectivity index (χ1) is 9.88. The number of halogens is 1. The van der Waals surface area contributed by atoms with E-state index in [2.05, 4.69) is 0 Å². The predicted octanol–water partition coefficient (Wildman–Crippen LogP) is 1.74. The second kappa shape index (κ2) is 8.21. The van der Waals surface area contributed by atoms with E-state index >= 15 is 0 Å². The SMILES string of the molecule is CCOCCOC(=O)Cc1cc(S(=O)(=O)Cl)ccc1OC. The Labute approximate surface area is 128 Å². The van der Waals surface area contributed by atoms with Gasteiger partial charge < -0.3 is 14.2 Å². The highest BCUT2D eigenvalue weighted by atomic mass is 35.7. The summed E-state index contributed by atoms with van der Waals surface area (Å²) in [5.74, 6) is -0.113. The summed E-state index contributed by atoms with van der Waals surface area (Å²) in [6.07, 6.45) is -0.116. The van der Waals surface area contributed by atoms with Crippen LogP contribution in [0.1, 0.15) is 12.5 Å². The number of methoxy groups -OCH3 is 1. The molecule has 0 amide bonds. The van der Waals surface area contributed by atoms with Gasteiger partial charge in [0.15, 0.2) is 0 Å². The van der Waals surface area contributed by atoms with E-state index < -0.39 is 15.0 Å². The molecule has 0 saturated carbocycles. The van der Waals surface area contributed by atoms with Crippen molar-refractivity contribution in [2.24, 2.45) is 0 Å². The molecule has 1 rings (SSSR count). The summed E-state index contributed by atoms with van der Waals surface area (Å²) in [6, 6.07) is 4.05. The Morgan fingerprint density at radius 1 is 1.29 bits per heavy atom. The second-order valence-corrected chi connectivity index (χ2v) is 6.57. The lowest BCUT2D eigenvalue weighted by atomic mass is 10.1. The molecule has 1 aromatic carbocycles. The molecule has 0 unspecified atom stereocenters. The molecule has 0 heterocycles. The fourth-order valence-corrected chi connectivity index (χ4v) is 2.41. The smallest absolute Gasteiger partial charge is 0.310 e. The fourth-order valence-electron chi connectivity index (χ4n) is 1.61. The highest BCUT2D eigenvalue weighted by Crippen LogP contribution is 2.25. The maximum atomic E-state index is 11.7. The third-order valence-electron chi connectivity index (χ3n) is 2.56. The van der Waals surface area contributed by atoms with Crippen LogP contribution < -0.4 is 4.74 Å². The van der Waals surface area contributed by atoms with E-state index in [0.717, 1.165) is 0 Å². The molecular formula is C13H17ClO6S. The zero-order chi connectivity index (χ0) is 15.9. The van der Waals surface area contributed by atoms with Crippen LogP contribution in [0, 0.1) is 0 Å². The molecule has 0 aliphatic heterocycles. The van der Waals surface area contributed by atoms with Gasteiger partial charge in [0.25, 0.3) is 9.05 Å². The van der Waals surface area contributed by atoms with Gasteiger partial charge in [-0.2, -0.15) is 0 Å². The van der Waals surface area contributed by atoms with Gasteiger partial charge in [0.05, 0.1) is 25.0 Å². The minimum atomic E-state index is -3.87. The molecule has 0 bridgehead atoms. The van der Waals surface area contributed by atoms with E-state index in [9.17, 15) is 13.2 Å². The number of esters is 1. The molecule has 8 heteroatoms. The zero-order valence-corrected chi connectivity index (χ0v) is 13.4. The van der Waals surface area contributed by atoms with Crippen molar-refractivity contribution in [2.75, 3.05) is 26.9 Å². The standard InChI is InChI=1S/C13H17ClO6S/c1-3-19-6-7-20-13(15)9-10-8-11(21(14,16)17)4-5-12(10)18-2/h4-5,8H,3,6-7,9H2,1-2H3. The fraction of sp³-hybridized carbons (Fsp3) is 0.462. The van der Waals surface area contributed by atoms with Crippen LogP contribution >= 0.6 is 10.7 Å². The predicted molar refractivity (Wildman–Crippen MR) is 77.2 cm³/mol. The van der Waals surface area contributed by atoms with Crippen molar-refractivity contribution in [3.8, 4) is 5.75 Å². The Morgan fingerprint density at radius 3 is 2.57 bits per heavy atom. The summed E-state index contributed by atoms with van der Waals surface area (Å²) in [5, 5.41) is 0. The van der Waals surface area contributed by atoms with Crippen molar-refractivity contribution in [1.29, 1.82) is 0 Å². The summed E-state index contributed by atoms with van der Waals surface area (Å²) >= 11 is 0. The third kappa shape index (κ3) is 5.91. The monoisotopic (exact) mass is 336 g/mol. The summed E-state index contributed by atoms with van der Waals surface area (Å²) in [5.41, 5.74) is 0.389. The summed E-state index contributed by atoms with van der Waals surface area (Å²) in [7, 11) is 2.84. The second-order valence-electron chi connectivity index (χ2n) is 4.01. The topological polar surface area (TPSA) is 78.9 Å². The molecule has 0 aromatic heterocycles. The van der Waals surface area contributed by atoms with Gasteiger partial charge in [0.1, 0.15) is 12.4 Å². The van der Waals surface area contributed by atoms with Crippen molar-refractivity contribution in [3.63, 3.8) is 0 Å². The van der Waals surface area contributed by atoms with Gasteiger partial charge in [-0.1, -0.05) is 0 Å². The Balaban J connectivity index is 2.78. The van der Waals surface area contributed by atoms with Gasteiger partial charge in [-0.15, -0.1) is 0 Å².